The summed E-state index contributed by atoms with van der Waals surface area (Å²) in [6, 6.07) is 2.33. The number of nitrogens with one attached hydrogen (secondary N) is 1. The first-order valence-corrected chi connectivity index (χ1v) is 5.71. The van der Waals surface area contributed by atoms with Gasteiger partial charge in [0.25, 0.3) is 5.91 Å². The zero-order valence-electron chi connectivity index (χ0n) is 9.60. The molecule has 1 aromatic heterocycles. The lowest BCUT2D eigenvalue weighted by Gasteiger charge is -2.12. The summed E-state index contributed by atoms with van der Waals surface area (Å²) in [4.78, 5) is 25.9. The number of carboxylic acid groups (broad SMARTS) is 1. The van der Waals surface area contributed by atoms with Crippen molar-refractivity contribution < 1.29 is 19.1 Å². The molecule has 2 atom stereocenters. The van der Waals surface area contributed by atoms with Gasteiger partial charge in [-0.05, 0) is 31.4 Å². The molecule has 1 fully saturated rings. The summed E-state index contributed by atoms with van der Waals surface area (Å²) in [6.07, 6.45) is 2.82. The van der Waals surface area contributed by atoms with Crippen LogP contribution >= 0.6 is 0 Å². The van der Waals surface area contributed by atoms with Crippen LogP contribution in [0.2, 0.25) is 0 Å². The Hall–Kier alpha value is -1.98. The van der Waals surface area contributed by atoms with Crippen molar-refractivity contribution in [3.05, 3.63) is 29.8 Å². The largest absolute Gasteiger partial charge is 0.481 e. The van der Waals surface area contributed by atoms with Crippen LogP contribution in [0.3, 0.4) is 0 Å². The average molecular weight is 252 g/mol. The number of carbonyl (C=O) groups is 2. The van der Waals surface area contributed by atoms with Gasteiger partial charge in [-0.15, -0.1) is 0 Å². The molecule has 0 radical (unpaired) electrons. The molecule has 0 unspecified atom stereocenters. The zero-order chi connectivity index (χ0) is 13.1. The first-order valence-electron chi connectivity index (χ1n) is 5.71. The van der Waals surface area contributed by atoms with Gasteiger partial charge in [-0.3, -0.25) is 9.59 Å². The van der Waals surface area contributed by atoms with Gasteiger partial charge in [0.2, 0.25) is 5.95 Å². The number of hydrogen-bond donors (Lipinski definition) is 2. The van der Waals surface area contributed by atoms with E-state index in [2.05, 4.69) is 10.3 Å². The Morgan fingerprint density at radius 2 is 2.17 bits per heavy atom. The quantitative estimate of drug-likeness (QED) is 0.792. The van der Waals surface area contributed by atoms with Crippen molar-refractivity contribution in [3.63, 3.8) is 0 Å². The fourth-order valence-electron chi connectivity index (χ4n) is 2.12. The highest BCUT2D eigenvalue weighted by Gasteiger charge is 2.30. The Kier molecular flexibility index (Phi) is 3.55. The molecule has 5 nitrogen and oxygen atoms in total. The first kappa shape index (κ1) is 12.5. The van der Waals surface area contributed by atoms with E-state index in [4.69, 9.17) is 5.11 Å². The van der Waals surface area contributed by atoms with Gasteiger partial charge in [0.1, 0.15) is 0 Å². The summed E-state index contributed by atoms with van der Waals surface area (Å²) in [5.41, 5.74) is 0.273. The van der Waals surface area contributed by atoms with Gasteiger partial charge in [0.05, 0.1) is 11.5 Å². The molecule has 18 heavy (non-hydrogen) atoms. The maximum atomic E-state index is 12.6. The normalized spacial score (nSPS) is 22.7. The molecule has 0 spiro atoms. The van der Waals surface area contributed by atoms with Crippen LogP contribution in [0, 0.1) is 11.9 Å². The predicted molar refractivity (Wildman–Crippen MR) is 60.4 cm³/mol. The number of pyridine rings is 1. The smallest absolute Gasteiger partial charge is 0.306 e. The van der Waals surface area contributed by atoms with E-state index in [1.165, 1.54) is 6.07 Å². The van der Waals surface area contributed by atoms with Crippen LogP contribution in [0.25, 0.3) is 0 Å². The highest BCUT2D eigenvalue weighted by atomic mass is 19.1. The van der Waals surface area contributed by atoms with E-state index in [1.807, 2.05) is 0 Å². The maximum Gasteiger partial charge on any atom is 0.306 e. The summed E-state index contributed by atoms with van der Waals surface area (Å²) >= 11 is 0. The Balaban J connectivity index is 1.92. The predicted octanol–water partition coefficient (Wildman–Crippen LogP) is 1.20. The third-order valence-corrected chi connectivity index (χ3v) is 3.11. The van der Waals surface area contributed by atoms with Gasteiger partial charge < -0.3 is 10.4 Å². The van der Waals surface area contributed by atoms with Crippen LogP contribution < -0.4 is 5.32 Å². The van der Waals surface area contributed by atoms with Gasteiger partial charge in [-0.25, -0.2) is 4.98 Å². The molecule has 1 heterocycles. The molecule has 96 valence electrons. The highest BCUT2D eigenvalue weighted by molar-refractivity contribution is 5.94. The number of amides is 1. The van der Waals surface area contributed by atoms with Crippen molar-refractivity contribution in [2.75, 3.05) is 0 Å². The third-order valence-electron chi connectivity index (χ3n) is 3.11. The molecule has 2 N–H and O–H groups in total. The average Bonchev–Trinajstić information content (AvgIpc) is 2.78. The van der Waals surface area contributed by atoms with Crippen LogP contribution in [0.15, 0.2) is 18.3 Å². The fourth-order valence-corrected chi connectivity index (χ4v) is 2.12. The lowest BCUT2D eigenvalue weighted by Crippen LogP contribution is -2.33. The van der Waals surface area contributed by atoms with Crippen molar-refractivity contribution in [3.8, 4) is 0 Å². The van der Waals surface area contributed by atoms with Gasteiger partial charge in [0, 0.05) is 12.2 Å². The lowest BCUT2D eigenvalue weighted by atomic mass is 10.1. The van der Waals surface area contributed by atoms with Crippen LogP contribution in [0.5, 0.6) is 0 Å². The fraction of sp³-hybridized carbons (Fsp3) is 0.417. The van der Waals surface area contributed by atoms with Crippen molar-refractivity contribution >= 4 is 11.9 Å². The van der Waals surface area contributed by atoms with Crippen LogP contribution in [0.1, 0.15) is 29.6 Å². The van der Waals surface area contributed by atoms with Gasteiger partial charge in [0.15, 0.2) is 0 Å². The number of hydrogen-bond acceptors (Lipinski definition) is 3. The highest BCUT2D eigenvalue weighted by Crippen LogP contribution is 2.25. The number of aromatic nitrogens is 1. The van der Waals surface area contributed by atoms with Crippen molar-refractivity contribution in [1.82, 2.24) is 10.3 Å². The molecule has 1 aliphatic carbocycles. The third kappa shape index (κ3) is 2.82. The summed E-state index contributed by atoms with van der Waals surface area (Å²) in [5.74, 6) is -2.20. The van der Waals surface area contributed by atoms with E-state index in [1.54, 1.807) is 0 Å². The first-order chi connectivity index (χ1) is 8.56. The molecular formula is C12H13FN2O3. The Labute approximate surface area is 103 Å². The number of carbonyl (C=O) groups excluding carboxylic acids is 1. The number of nitrogens with zero attached hydrogens (tertiary/aromatic N) is 1. The van der Waals surface area contributed by atoms with Gasteiger partial charge in [-0.1, -0.05) is 0 Å². The Morgan fingerprint density at radius 3 is 2.72 bits per heavy atom. The zero-order valence-corrected chi connectivity index (χ0v) is 9.60. The van der Waals surface area contributed by atoms with E-state index in [9.17, 15) is 14.0 Å². The van der Waals surface area contributed by atoms with Crippen LogP contribution in [-0.2, 0) is 4.79 Å². The molecule has 1 amide bonds. The molecule has 1 saturated carbocycles. The number of aliphatic carboxylic acids is 1. The van der Waals surface area contributed by atoms with E-state index in [0.717, 1.165) is 12.3 Å². The van der Waals surface area contributed by atoms with Gasteiger partial charge in [-0.2, -0.15) is 4.39 Å². The second-order valence-corrected chi connectivity index (χ2v) is 4.39. The Morgan fingerprint density at radius 1 is 1.39 bits per heavy atom. The van der Waals surface area contributed by atoms with E-state index in [-0.39, 0.29) is 23.4 Å². The minimum Gasteiger partial charge on any atom is -0.481 e. The van der Waals surface area contributed by atoms with Crippen molar-refractivity contribution in [1.29, 1.82) is 0 Å². The molecular weight excluding hydrogens is 239 g/mol. The monoisotopic (exact) mass is 252 g/mol. The molecule has 0 bridgehead atoms. The van der Waals surface area contributed by atoms with Crippen LogP contribution in [0.4, 0.5) is 4.39 Å². The maximum absolute atomic E-state index is 12.6. The minimum absolute atomic E-state index is 0.136. The number of halogens is 1. The lowest BCUT2D eigenvalue weighted by molar-refractivity contribution is -0.141. The summed E-state index contributed by atoms with van der Waals surface area (Å²) in [5, 5.41) is 11.6. The summed E-state index contributed by atoms with van der Waals surface area (Å²) in [6.45, 7) is 0. The number of rotatable bonds is 3. The number of carboxylic acids is 1. The van der Waals surface area contributed by atoms with E-state index >= 15 is 0 Å². The summed E-state index contributed by atoms with van der Waals surface area (Å²) in [7, 11) is 0. The molecule has 0 saturated heterocycles. The molecule has 1 aliphatic rings. The molecule has 2 rings (SSSR count). The molecule has 1 aromatic rings. The topological polar surface area (TPSA) is 79.3 Å². The van der Waals surface area contributed by atoms with Crippen molar-refractivity contribution in [2.45, 2.75) is 25.3 Å². The molecule has 0 aliphatic heterocycles. The standard InChI is InChI=1S/C12H13FN2O3/c13-10-4-2-8(6-14-10)11(16)15-9-3-1-7(5-9)12(17)18/h2,4,6-7,9H,1,3,5H2,(H,15,16)(H,17,18)/t7-,9+/m1/s1. The van der Waals surface area contributed by atoms with Gasteiger partial charge >= 0.3 is 5.97 Å². The van der Waals surface area contributed by atoms with E-state index in [0.29, 0.717) is 19.3 Å². The second-order valence-electron chi connectivity index (χ2n) is 4.39. The molecule has 6 heteroatoms. The van der Waals surface area contributed by atoms with Crippen LogP contribution in [-0.4, -0.2) is 28.0 Å². The SMILES string of the molecule is O=C(N[C@H]1CC[C@@H](C(=O)O)C1)c1ccc(F)nc1. The van der Waals surface area contributed by atoms with Crippen molar-refractivity contribution in [2.24, 2.45) is 5.92 Å². The van der Waals surface area contributed by atoms with E-state index < -0.39 is 11.9 Å². The minimum atomic E-state index is -0.824. The Bertz CT molecular complexity index is 461. The second kappa shape index (κ2) is 5.12. The molecule has 0 aromatic carbocycles. The summed E-state index contributed by atoms with van der Waals surface area (Å²) < 4.78 is 12.6.